The van der Waals surface area contributed by atoms with Gasteiger partial charge in [-0.15, -0.1) is 0 Å². The standard InChI is InChI=1S/C14H21BN2O2/c1-12(2)13(3,4)19-15(18-12)10-5-8-17-11(9-10)14(16)6-7-14/h5,8-9H,6-7,16H2,1-4H3. The minimum Gasteiger partial charge on any atom is -0.399 e. The Balaban J connectivity index is 1.88. The third-order valence-electron chi connectivity index (χ3n) is 4.61. The van der Waals surface area contributed by atoms with Crippen LogP contribution < -0.4 is 11.2 Å². The van der Waals surface area contributed by atoms with Crippen molar-refractivity contribution in [1.82, 2.24) is 4.98 Å². The summed E-state index contributed by atoms with van der Waals surface area (Å²) >= 11 is 0. The molecule has 0 aromatic carbocycles. The lowest BCUT2D eigenvalue weighted by molar-refractivity contribution is 0.00578. The Morgan fingerprint density at radius 1 is 1.16 bits per heavy atom. The van der Waals surface area contributed by atoms with E-state index in [9.17, 15) is 0 Å². The molecule has 2 N–H and O–H groups in total. The van der Waals surface area contributed by atoms with E-state index in [4.69, 9.17) is 15.0 Å². The predicted molar refractivity (Wildman–Crippen MR) is 75.1 cm³/mol. The molecule has 3 rings (SSSR count). The van der Waals surface area contributed by atoms with Gasteiger partial charge < -0.3 is 15.0 Å². The summed E-state index contributed by atoms with van der Waals surface area (Å²) in [4.78, 5) is 4.38. The van der Waals surface area contributed by atoms with E-state index in [0.717, 1.165) is 24.0 Å². The van der Waals surface area contributed by atoms with E-state index in [-0.39, 0.29) is 23.9 Å². The monoisotopic (exact) mass is 260 g/mol. The fourth-order valence-electron chi connectivity index (χ4n) is 2.24. The first kappa shape index (κ1) is 13.1. The van der Waals surface area contributed by atoms with Gasteiger partial charge in [0, 0.05) is 6.20 Å². The van der Waals surface area contributed by atoms with Gasteiger partial charge in [0.2, 0.25) is 0 Å². The zero-order valence-electron chi connectivity index (χ0n) is 12.1. The topological polar surface area (TPSA) is 57.4 Å². The maximum atomic E-state index is 6.20. The number of hydrogen-bond acceptors (Lipinski definition) is 4. The molecule has 0 atom stereocenters. The van der Waals surface area contributed by atoms with Crippen molar-refractivity contribution in [3.8, 4) is 0 Å². The Hall–Kier alpha value is -0.905. The van der Waals surface area contributed by atoms with Gasteiger partial charge in [-0.25, -0.2) is 0 Å². The Kier molecular flexibility index (Phi) is 2.63. The predicted octanol–water partition coefficient (Wildman–Crippen LogP) is 1.33. The van der Waals surface area contributed by atoms with Crippen LogP contribution in [0.1, 0.15) is 46.2 Å². The minimum atomic E-state index is -0.339. The van der Waals surface area contributed by atoms with Gasteiger partial charge in [0.25, 0.3) is 0 Å². The molecule has 1 aliphatic heterocycles. The van der Waals surface area contributed by atoms with Gasteiger partial charge in [0.05, 0.1) is 22.4 Å². The van der Waals surface area contributed by atoms with E-state index in [0.29, 0.717) is 0 Å². The molecule has 19 heavy (non-hydrogen) atoms. The fourth-order valence-corrected chi connectivity index (χ4v) is 2.24. The molecular weight excluding hydrogens is 239 g/mol. The van der Waals surface area contributed by atoms with E-state index in [1.54, 1.807) is 6.20 Å². The molecule has 2 heterocycles. The van der Waals surface area contributed by atoms with E-state index < -0.39 is 0 Å². The van der Waals surface area contributed by atoms with E-state index in [1.807, 2.05) is 12.1 Å². The molecule has 1 saturated heterocycles. The molecule has 102 valence electrons. The first-order chi connectivity index (χ1) is 8.74. The van der Waals surface area contributed by atoms with Crippen LogP contribution in [0, 0.1) is 0 Å². The number of rotatable bonds is 2. The molecule has 1 aromatic heterocycles. The van der Waals surface area contributed by atoms with Crippen LogP contribution in [-0.2, 0) is 14.8 Å². The molecular formula is C14H21BN2O2. The molecule has 0 radical (unpaired) electrons. The molecule has 0 unspecified atom stereocenters. The first-order valence-electron chi connectivity index (χ1n) is 6.85. The third-order valence-corrected chi connectivity index (χ3v) is 4.61. The normalized spacial score (nSPS) is 26.5. The maximum absolute atomic E-state index is 6.20. The lowest BCUT2D eigenvalue weighted by Crippen LogP contribution is -2.41. The second-order valence-corrected chi connectivity index (χ2v) is 6.72. The van der Waals surface area contributed by atoms with Crippen molar-refractivity contribution in [2.24, 2.45) is 5.73 Å². The number of aromatic nitrogens is 1. The Bertz CT molecular complexity index is 496. The maximum Gasteiger partial charge on any atom is 0.494 e. The second-order valence-electron chi connectivity index (χ2n) is 6.72. The van der Waals surface area contributed by atoms with Crippen LogP contribution in [0.5, 0.6) is 0 Å². The largest absolute Gasteiger partial charge is 0.494 e. The van der Waals surface area contributed by atoms with Gasteiger partial charge in [-0.05, 0) is 58.1 Å². The molecule has 0 amide bonds. The minimum absolute atomic E-state index is 0.223. The average molecular weight is 260 g/mol. The molecule has 1 aromatic rings. The molecule has 0 bridgehead atoms. The lowest BCUT2D eigenvalue weighted by Gasteiger charge is -2.32. The summed E-state index contributed by atoms with van der Waals surface area (Å²) in [7, 11) is -0.339. The van der Waals surface area contributed by atoms with Gasteiger partial charge in [-0.3, -0.25) is 4.98 Å². The smallest absolute Gasteiger partial charge is 0.399 e. The number of hydrogen-bond donors (Lipinski definition) is 1. The molecule has 1 aliphatic carbocycles. The Morgan fingerprint density at radius 3 is 2.26 bits per heavy atom. The van der Waals surface area contributed by atoms with Crippen LogP contribution in [0.25, 0.3) is 0 Å². The van der Waals surface area contributed by atoms with Crippen molar-refractivity contribution in [3.05, 3.63) is 24.0 Å². The summed E-state index contributed by atoms with van der Waals surface area (Å²) in [5, 5.41) is 0. The Morgan fingerprint density at radius 2 is 1.74 bits per heavy atom. The zero-order valence-corrected chi connectivity index (χ0v) is 12.1. The molecule has 0 spiro atoms. The average Bonchev–Trinajstić information content (AvgIpc) is 3.02. The molecule has 2 aliphatic rings. The summed E-state index contributed by atoms with van der Waals surface area (Å²) in [5.41, 5.74) is 7.28. The SMILES string of the molecule is CC1(C)OB(c2ccnc(C3(N)CC3)c2)OC1(C)C. The highest BCUT2D eigenvalue weighted by Gasteiger charge is 2.52. The van der Waals surface area contributed by atoms with Crippen molar-refractivity contribution in [2.45, 2.75) is 57.3 Å². The van der Waals surface area contributed by atoms with Gasteiger partial charge in [0.15, 0.2) is 0 Å². The van der Waals surface area contributed by atoms with Gasteiger partial charge >= 0.3 is 7.12 Å². The Labute approximate surface area is 114 Å². The van der Waals surface area contributed by atoms with Crippen LogP contribution in [0.2, 0.25) is 0 Å². The summed E-state index contributed by atoms with van der Waals surface area (Å²) in [5.74, 6) is 0. The third kappa shape index (κ3) is 2.10. The van der Waals surface area contributed by atoms with Crippen LogP contribution in [0.3, 0.4) is 0 Å². The number of pyridine rings is 1. The molecule has 4 nitrogen and oxygen atoms in total. The van der Waals surface area contributed by atoms with Crippen molar-refractivity contribution >= 4 is 12.6 Å². The number of nitrogens with zero attached hydrogens (tertiary/aromatic N) is 1. The highest BCUT2D eigenvalue weighted by atomic mass is 16.7. The summed E-state index contributed by atoms with van der Waals surface area (Å²) in [6.07, 6.45) is 3.81. The summed E-state index contributed by atoms with van der Waals surface area (Å²) in [6.45, 7) is 8.22. The fraction of sp³-hybridized carbons (Fsp3) is 0.643. The first-order valence-corrected chi connectivity index (χ1v) is 6.85. The van der Waals surface area contributed by atoms with Crippen LogP contribution in [0.4, 0.5) is 0 Å². The quantitative estimate of drug-likeness (QED) is 0.815. The zero-order chi connectivity index (χ0) is 13.9. The van der Waals surface area contributed by atoms with Crippen molar-refractivity contribution in [3.63, 3.8) is 0 Å². The van der Waals surface area contributed by atoms with Gasteiger partial charge in [-0.1, -0.05) is 0 Å². The lowest BCUT2D eigenvalue weighted by atomic mass is 9.79. The van der Waals surface area contributed by atoms with Gasteiger partial charge in [0.1, 0.15) is 0 Å². The van der Waals surface area contributed by atoms with Crippen LogP contribution in [0.15, 0.2) is 18.3 Å². The summed E-state index contributed by atoms with van der Waals surface area (Å²) in [6, 6.07) is 3.96. The van der Waals surface area contributed by atoms with Gasteiger partial charge in [-0.2, -0.15) is 0 Å². The van der Waals surface area contributed by atoms with E-state index >= 15 is 0 Å². The molecule has 2 fully saturated rings. The highest BCUT2D eigenvalue weighted by molar-refractivity contribution is 6.62. The molecule has 1 saturated carbocycles. The van der Waals surface area contributed by atoms with Crippen LogP contribution >= 0.6 is 0 Å². The highest BCUT2D eigenvalue weighted by Crippen LogP contribution is 2.41. The summed E-state index contributed by atoms with van der Waals surface area (Å²) < 4.78 is 12.1. The van der Waals surface area contributed by atoms with Crippen LogP contribution in [-0.4, -0.2) is 23.3 Å². The van der Waals surface area contributed by atoms with Crippen molar-refractivity contribution < 1.29 is 9.31 Å². The van der Waals surface area contributed by atoms with Crippen molar-refractivity contribution in [1.29, 1.82) is 0 Å². The molecule has 5 heteroatoms. The van der Waals surface area contributed by atoms with Crippen molar-refractivity contribution in [2.75, 3.05) is 0 Å². The second kappa shape index (κ2) is 3.81. The van der Waals surface area contributed by atoms with E-state index in [1.165, 1.54) is 0 Å². The van der Waals surface area contributed by atoms with E-state index in [2.05, 4.69) is 32.7 Å². The number of nitrogens with two attached hydrogens (primary N) is 1.